The van der Waals surface area contributed by atoms with Crippen molar-refractivity contribution in [1.29, 1.82) is 10.5 Å². The Morgan fingerprint density at radius 1 is 1.33 bits per heavy atom. The Bertz CT molecular complexity index is 375. The summed E-state index contributed by atoms with van der Waals surface area (Å²) in [5.41, 5.74) is 0. The lowest BCUT2D eigenvalue weighted by atomic mass is 10.4. The highest BCUT2D eigenvalue weighted by Crippen LogP contribution is 2.14. The second-order valence-electron chi connectivity index (χ2n) is 3.37. The molecule has 0 aliphatic heterocycles. The summed E-state index contributed by atoms with van der Waals surface area (Å²) in [6.07, 6.45) is 0.230. The van der Waals surface area contributed by atoms with E-state index in [4.69, 9.17) is 10.5 Å². The molecule has 0 amide bonds. The summed E-state index contributed by atoms with van der Waals surface area (Å²) < 4.78 is 24.8. The van der Waals surface area contributed by atoms with Crippen molar-refractivity contribution in [3.05, 3.63) is 0 Å². The van der Waals surface area contributed by atoms with E-state index in [1.165, 1.54) is 0 Å². The van der Waals surface area contributed by atoms with Gasteiger partial charge in [-0.05, 0) is 20.3 Å². The lowest BCUT2D eigenvalue weighted by Crippen LogP contribution is -2.42. The molecule has 15 heavy (non-hydrogen) atoms. The molecule has 0 aliphatic rings. The maximum absolute atomic E-state index is 11.9. The Hall–Kier alpha value is -1.11. The number of hydrogen-bond donors (Lipinski definition) is 0. The van der Waals surface area contributed by atoms with Crippen LogP contribution in [-0.4, -0.2) is 30.6 Å². The van der Waals surface area contributed by atoms with Crippen molar-refractivity contribution in [2.75, 3.05) is 6.54 Å². The first-order valence-electron chi connectivity index (χ1n) is 4.69. The normalized spacial score (nSPS) is 13.5. The summed E-state index contributed by atoms with van der Waals surface area (Å²) >= 11 is 0. The zero-order chi connectivity index (χ0) is 12.1. The van der Waals surface area contributed by atoms with E-state index >= 15 is 0 Å². The minimum absolute atomic E-state index is 0.210. The van der Waals surface area contributed by atoms with Crippen molar-refractivity contribution in [2.24, 2.45) is 0 Å². The molecule has 6 heteroatoms. The number of nitriles is 2. The van der Waals surface area contributed by atoms with Crippen LogP contribution in [0.1, 0.15) is 27.2 Å². The highest BCUT2D eigenvalue weighted by atomic mass is 32.2. The minimum Gasteiger partial charge on any atom is -0.211 e. The number of sulfonamides is 1. The van der Waals surface area contributed by atoms with Gasteiger partial charge in [0.1, 0.15) is 6.54 Å². The van der Waals surface area contributed by atoms with Gasteiger partial charge in [-0.25, -0.2) is 8.42 Å². The molecule has 0 N–H and O–H groups in total. The average molecular weight is 229 g/mol. The fourth-order valence-electron chi connectivity index (χ4n) is 1.17. The molecule has 0 spiro atoms. The number of hydrogen-bond acceptors (Lipinski definition) is 4. The molecule has 0 fully saturated rings. The van der Waals surface area contributed by atoms with Crippen LogP contribution in [-0.2, 0) is 10.0 Å². The van der Waals surface area contributed by atoms with Crippen LogP contribution in [0.2, 0.25) is 0 Å². The van der Waals surface area contributed by atoms with Crippen molar-refractivity contribution in [3.8, 4) is 12.1 Å². The molecular weight excluding hydrogens is 214 g/mol. The first-order chi connectivity index (χ1) is 6.91. The molecule has 0 heterocycles. The minimum atomic E-state index is -3.67. The molecule has 0 saturated heterocycles. The van der Waals surface area contributed by atoms with Gasteiger partial charge in [0.25, 0.3) is 0 Å². The van der Waals surface area contributed by atoms with Crippen LogP contribution in [0.25, 0.3) is 0 Å². The maximum Gasteiger partial charge on any atom is 0.231 e. The van der Waals surface area contributed by atoms with Gasteiger partial charge in [-0.15, -0.1) is 0 Å². The summed E-state index contributed by atoms with van der Waals surface area (Å²) in [6.45, 7) is 4.78. The molecule has 0 aromatic rings. The first kappa shape index (κ1) is 13.9. The maximum atomic E-state index is 11.9. The van der Waals surface area contributed by atoms with Gasteiger partial charge in [-0.1, -0.05) is 6.92 Å². The SMILES string of the molecule is CCC(C#N)S(=O)(=O)N(CC#N)C(C)C. The van der Waals surface area contributed by atoms with E-state index in [0.29, 0.717) is 0 Å². The van der Waals surface area contributed by atoms with Gasteiger partial charge in [-0.2, -0.15) is 14.8 Å². The summed E-state index contributed by atoms with van der Waals surface area (Å²) in [4.78, 5) is 0. The summed E-state index contributed by atoms with van der Waals surface area (Å²) in [5.74, 6) is 0. The van der Waals surface area contributed by atoms with Crippen LogP contribution in [0.4, 0.5) is 0 Å². The summed E-state index contributed by atoms with van der Waals surface area (Å²) in [7, 11) is -3.67. The molecular formula is C9H15N3O2S. The summed E-state index contributed by atoms with van der Waals surface area (Å²) in [6, 6.07) is 3.23. The quantitative estimate of drug-likeness (QED) is 0.654. The van der Waals surface area contributed by atoms with Crippen LogP contribution >= 0.6 is 0 Å². The third-order valence-corrected chi connectivity index (χ3v) is 4.37. The lowest BCUT2D eigenvalue weighted by molar-refractivity contribution is 0.382. The molecule has 5 nitrogen and oxygen atoms in total. The molecule has 1 atom stereocenters. The molecule has 0 saturated carbocycles. The monoisotopic (exact) mass is 229 g/mol. The van der Waals surface area contributed by atoms with Gasteiger partial charge < -0.3 is 0 Å². The van der Waals surface area contributed by atoms with Gasteiger partial charge in [-0.3, -0.25) is 0 Å². The second kappa shape index (κ2) is 5.69. The zero-order valence-electron chi connectivity index (χ0n) is 9.14. The van der Waals surface area contributed by atoms with Crippen molar-refractivity contribution in [2.45, 2.75) is 38.5 Å². The van der Waals surface area contributed by atoms with E-state index in [-0.39, 0.29) is 19.0 Å². The zero-order valence-corrected chi connectivity index (χ0v) is 9.95. The van der Waals surface area contributed by atoms with Crippen LogP contribution < -0.4 is 0 Å². The molecule has 1 unspecified atom stereocenters. The van der Waals surface area contributed by atoms with Crippen molar-refractivity contribution in [3.63, 3.8) is 0 Å². The van der Waals surface area contributed by atoms with Crippen molar-refractivity contribution < 1.29 is 8.42 Å². The van der Waals surface area contributed by atoms with E-state index in [9.17, 15) is 8.42 Å². The van der Waals surface area contributed by atoms with Crippen LogP contribution in [0.15, 0.2) is 0 Å². The van der Waals surface area contributed by atoms with Crippen molar-refractivity contribution >= 4 is 10.0 Å². The van der Waals surface area contributed by atoms with Crippen LogP contribution in [0.5, 0.6) is 0 Å². The number of nitrogens with zero attached hydrogens (tertiary/aromatic N) is 3. The topological polar surface area (TPSA) is 85.0 Å². The third-order valence-electron chi connectivity index (χ3n) is 2.00. The standard InChI is InChI=1S/C9H15N3O2S/c1-4-9(7-11)15(13,14)12(6-5-10)8(2)3/h8-9H,4,6H2,1-3H3. The summed E-state index contributed by atoms with van der Waals surface area (Å²) in [5, 5.41) is 16.2. The van der Waals surface area contributed by atoms with Gasteiger partial charge in [0.2, 0.25) is 10.0 Å². The Kier molecular flexibility index (Phi) is 5.27. The molecule has 0 aromatic carbocycles. The largest absolute Gasteiger partial charge is 0.231 e. The molecule has 0 bridgehead atoms. The fourth-order valence-corrected chi connectivity index (χ4v) is 2.87. The highest BCUT2D eigenvalue weighted by Gasteiger charge is 2.32. The molecule has 84 valence electrons. The lowest BCUT2D eigenvalue weighted by Gasteiger charge is -2.24. The fraction of sp³-hybridized carbons (Fsp3) is 0.778. The molecule has 0 aromatic heterocycles. The van der Waals surface area contributed by atoms with Gasteiger partial charge in [0, 0.05) is 6.04 Å². The van der Waals surface area contributed by atoms with E-state index in [0.717, 1.165) is 4.31 Å². The Labute approximate surface area is 91.0 Å². The molecule has 0 radical (unpaired) electrons. The van der Waals surface area contributed by atoms with Crippen LogP contribution in [0.3, 0.4) is 0 Å². The van der Waals surface area contributed by atoms with E-state index < -0.39 is 15.3 Å². The Morgan fingerprint density at radius 2 is 1.87 bits per heavy atom. The second-order valence-corrected chi connectivity index (χ2v) is 5.44. The van der Waals surface area contributed by atoms with Gasteiger partial charge >= 0.3 is 0 Å². The van der Waals surface area contributed by atoms with E-state index in [1.807, 2.05) is 0 Å². The molecule has 0 rings (SSSR count). The first-order valence-corrected chi connectivity index (χ1v) is 6.19. The Balaban J connectivity index is 5.15. The van der Waals surface area contributed by atoms with E-state index in [1.54, 1.807) is 32.9 Å². The van der Waals surface area contributed by atoms with Gasteiger partial charge in [0.05, 0.1) is 12.1 Å². The van der Waals surface area contributed by atoms with Crippen LogP contribution in [0, 0.1) is 22.7 Å². The number of rotatable bonds is 5. The molecule has 0 aliphatic carbocycles. The van der Waals surface area contributed by atoms with Crippen molar-refractivity contribution in [1.82, 2.24) is 4.31 Å². The highest BCUT2D eigenvalue weighted by molar-refractivity contribution is 7.90. The van der Waals surface area contributed by atoms with Gasteiger partial charge in [0.15, 0.2) is 5.25 Å². The predicted molar refractivity (Wildman–Crippen MR) is 56.1 cm³/mol. The average Bonchev–Trinajstić information content (AvgIpc) is 2.14. The Morgan fingerprint density at radius 3 is 2.13 bits per heavy atom. The third kappa shape index (κ3) is 3.19. The smallest absolute Gasteiger partial charge is 0.211 e. The van der Waals surface area contributed by atoms with E-state index in [2.05, 4.69) is 0 Å². The predicted octanol–water partition coefficient (Wildman–Crippen LogP) is 0.852.